The van der Waals surface area contributed by atoms with Gasteiger partial charge in [0.1, 0.15) is 18.2 Å². The minimum absolute atomic E-state index is 0.109. The maximum Gasteiger partial charge on any atom is 0.333 e. The van der Waals surface area contributed by atoms with Crippen molar-refractivity contribution in [3.05, 3.63) is 59.7 Å². The number of carboxylic acids is 1. The zero-order chi connectivity index (χ0) is 19.6. The van der Waals surface area contributed by atoms with Crippen LogP contribution >= 0.6 is 0 Å². The van der Waals surface area contributed by atoms with Gasteiger partial charge in [0, 0.05) is 12.0 Å². The van der Waals surface area contributed by atoms with Crippen LogP contribution in [0.3, 0.4) is 0 Å². The Kier molecular flexibility index (Phi) is 7.76. The number of Topliss-reactive ketones (excluding diaryl/α,β-unsaturated/α-hetero) is 1. The van der Waals surface area contributed by atoms with Crippen molar-refractivity contribution < 1.29 is 33.3 Å². The van der Waals surface area contributed by atoms with E-state index in [1.807, 2.05) is 0 Å². The van der Waals surface area contributed by atoms with Gasteiger partial charge in [0.15, 0.2) is 18.5 Å². The second kappa shape index (κ2) is 10.3. The number of benzene rings is 2. The Hall–Kier alpha value is -2.93. The number of hydrogen-bond donors (Lipinski definition) is 1. The minimum Gasteiger partial charge on any atom is -0.497 e. The quantitative estimate of drug-likeness (QED) is 0.607. The van der Waals surface area contributed by atoms with E-state index in [2.05, 4.69) is 0 Å². The van der Waals surface area contributed by atoms with Crippen LogP contribution in [-0.2, 0) is 16.0 Å². The van der Waals surface area contributed by atoms with Crippen molar-refractivity contribution in [3.63, 3.8) is 0 Å². The summed E-state index contributed by atoms with van der Waals surface area (Å²) in [5, 5.41) is 9.09. The van der Waals surface area contributed by atoms with Crippen LogP contribution in [0.25, 0.3) is 0 Å². The van der Waals surface area contributed by atoms with Crippen LogP contribution in [-0.4, -0.2) is 50.0 Å². The predicted molar refractivity (Wildman–Crippen MR) is 96.3 cm³/mol. The summed E-state index contributed by atoms with van der Waals surface area (Å²) in [5.41, 5.74) is 1.19. The number of carboxylic acid groups (broad SMARTS) is 1. The topological polar surface area (TPSA) is 82.1 Å². The highest BCUT2D eigenvalue weighted by atomic mass is 19.1. The summed E-state index contributed by atoms with van der Waals surface area (Å²) < 4.78 is 27.7. The number of carbonyl (C=O) groups excluding carboxylic acids is 1. The van der Waals surface area contributed by atoms with Gasteiger partial charge < -0.3 is 19.3 Å². The molecule has 0 heterocycles. The second-order valence-electron chi connectivity index (χ2n) is 5.68. The van der Waals surface area contributed by atoms with Crippen LogP contribution in [0.15, 0.2) is 48.5 Å². The van der Waals surface area contributed by atoms with E-state index in [9.17, 15) is 14.0 Å². The number of methoxy groups -OCH3 is 1. The van der Waals surface area contributed by atoms with Gasteiger partial charge >= 0.3 is 5.97 Å². The molecule has 1 unspecified atom stereocenters. The zero-order valence-corrected chi connectivity index (χ0v) is 14.9. The summed E-state index contributed by atoms with van der Waals surface area (Å²) >= 11 is 0. The number of ketones is 1. The SMILES string of the molecule is COc1cccc(C(=O)COc2ccc(CC(OCCF)C(=O)O)cc2)c1. The molecule has 0 radical (unpaired) electrons. The lowest BCUT2D eigenvalue weighted by molar-refractivity contribution is -0.150. The van der Waals surface area contributed by atoms with Crippen molar-refractivity contribution in [3.8, 4) is 11.5 Å². The summed E-state index contributed by atoms with van der Waals surface area (Å²) in [6, 6.07) is 13.4. The molecule has 0 aliphatic rings. The average Bonchev–Trinajstić information content (AvgIpc) is 2.70. The van der Waals surface area contributed by atoms with Gasteiger partial charge in [-0.2, -0.15) is 0 Å². The molecule has 0 saturated carbocycles. The van der Waals surface area contributed by atoms with Crippen molar-refractivity contribution in [2.24, 2.45) is 0 Å². The third kappa shape index (κ3) is 6.38. The molecule has 0 aliphatic heterocycles. The normalized spacial score (nSPS) is 11.6. The molecular formula is C20H21FO6. The Morgan fingerprint density at radius 1 is 1.11 bits per heavy atom. The monoisotopic (exact) mass is 376 g/mol. The van der Waals surface area contributed by atoms with Crippen molar-refractivity contribution in [1.29, 1.82) is 0 Å². The molecule has 7 heteroatoms. The fourth-order valence-corrected chi connectivity index (χ4v) is 2.37. The van der Waals surface area contributed by atoms with E-state index in [4.69, 9.17) is 19.3 Å². The molecule has 0 spiro atoms. The van der Waals surface area contributed by atoms with Gasteiger partial charge in [-0.25, -0.2) is 9.18 Å². The highest BCUT2D eigenvalue weighted by Gasteiger charge is 2.18. The number of rotatable bonds is 11. The fraction of sp³-hybridized carbons (Fsp3) is 0.300. The standard InChI is InChI=1S/C20H21FO6/c1-25-17-4-2-3-15(12-17)18(22)13-27-16-7-5-14(6-8-16)11-19(20(23)24)26-10-9-21/h2-8,12,19H,9-11,13H2,1H3,(H,23,24). The van der Waals surface area contributed by atoms with E-state index in [-0.39, 0.29) is 25.4 Å². The van der Waals surface area contributed by atoms with Gasteiger partial charge in [0.05, 0.1) is 13.7 Å². The lowest BCUT2D eigenvalue weighted by atomic mass is 10.1. The van der Waals surface area contributed by atoms with Crippen molar-refractivity contribution in [1.82, 2.24) is 0 Å². The Bertz CT molecular complexity index is 759. The van der Waals surface area contributed by atoms with E-state index in [1.165, 1.54) is 7.11 Å². The highest BCUT2D eigenvalue weighted by molar-refractivity contribution is 5.97. The van der Waals surface area contributed by atoms with Gasteiger partial charge in [-0.05, 0) is 29.8 Å². The molecule has 0 fully saturated rings. The third-order valence-corrected chi connectivity index (χ3v) is 3.78. The van der Waals surface area contributed by atoms with Crippen LogP contribution in [0.2, 0.25) is 0 Å². The van der Waals surface area contributed by atoms with Gasteiger partial charge in [-0.15, -0.1) is 0 Å². The fourth-order valence-electron chi connectivity index (χ4n) is 2.37. The van der Waals surface area contributed by atoms with Crippen molar-refractivity contribution in [2.75, 3.05) is 27.0 Å². The number of halogens is 1. The molecule has 0 aliphatic carbocycles. The van der Waals surface area contributed by atoms with Crippen LogP contribution in [0.4, 0.5) is 4.39 Å². The van der Waals surface area contributed by atoms with Crippen LogP contribution in [0, 0.1) is 0 Å². The van der Waals surface area contributed by atoms with E-state index in [0.29, 0.717) is 22.6 Å². The van der Waals surface area contributed by atoms with Gasteiger partial charge in [0.2, 0.25) is 0 Å². The summed E-state index contributed by atoms with van der Waals surface area (Å²) in [4.78, 5) is 23.3. The number of hydrogen-bond acceptors (Lipinski definition) is 5. The van der Waals surface area contributed by atoms with Gasteiger partial charge in [-0.3, -0.25) is 4.79 Å². The molecule has 0 amide bonds. The smallest absolute Gasteiger partial charge is 0.333 e. The lowest BCUT2D eigenvalue weighted by Gasteiger charge is -2.13. The number of alkyl halides is 1. The molecule has 2 rings (SSSR count). The second-order valence-corrected chi connectivity index (χ2v) is 5.68. The summed E-state index contributed by atoms with van der Waals surface area (Å²) in [6.07, 6.45) is -1.000. The largest absolute Gasteiger partial charge is 0.497 e. The number of aliphatic carboxylic acids is 1. The molecule has 2 aromatic carbocycles. The predicted octanol–water partition coefficient (Wildman–Crippen LogP) is 2.94. The summed E-state index contributed by atoms with van der Waals surface area (Å²) in [5.74, 6) is -0.268. The molecule has 1 atom stereocenters. The maximum atomic E-state index is 12.2. The first-order chi connectivity index (χ1) is 13.0. The molecule has 0 aromatic heterocycles. The van der Waals surface area contributed by atoms with Gasteiger partial charge in [0.25, 0.3) is 0 Å². The molecule has 27 heavy (non-hydrogen) atoms. The molecule has 0 bridgehead atoms. The summed E-state index contributed by atoms with van der Waals surface area (Å²) in [7, 11) is 1.53. The Morgan fingerprint density at radius 2 is 1.85 bits per heavy atom. The molecule has 0 saturated heterocycles. The van der Waals surface area contributed by atoms with Crippen LogP contribution in [0.5, 0.6) is 11.5 Å². The average molecular weight is 376 g/mol. The highest BCUT2D eigenvalue weighted by Crippen LogP contribution is 2.16. The van der Waals surface area contributed by atoms with Crippen molar-refractivity contribution in [2.45, 2.75) is 12.5 Å². The lowest BCUT2D eigenvalue weighted by Crippen LogP contribution is -2.27. The third-order valence-electron chi connectivity index (χ3n) is 3.78. The number of ether oxygens (including phenoxy) is 3. The zero-order valence-electron chi connectivity index (χ0n) is 14.9. The van der Waals surface area contributed by atoms with E-state index in [0.717, 1.165) is 0 Å². The van der Waals surface area contributed by atoms with E-state index < -0.39 is 18.7 Å². The Balaban J connectivity index is 1.91. The first-order valence-corrected chi connectivity index (χ1v) is 8.33. The molecule has 2 aromatic rings. The number of carbonyl (C=O) groups is 2. The molecule has 144 valence electrons. The first-order valence-electron chi connectivity index (χ1n) is 8.33. The minimum atomic E-state index is -1.15. The maximum absolute atomic E-state index is 12.2. The van der Waals surface area contributed by atoms with E-state index in [1.54, 1.807) is 48.5 Å². The van der Waals surface area contributed by atoms with Crippen LogP contribution in [0.1, 0.15) is 15.9 Å². The molecular weight excluding hydrogens is 355 g/mol. The Labute approximate surface area is 156 Å². The molecule has 6 nitrogen and oxygen atoms in total. The summed E-state index contributed by atoms with van der Waals surface area (Å²) in [6.45, 7) is -1.13. The van der Waals surface area contributed by atoms with Crippen molar-refractivity contribution >= 4 is 11.8 Å². The Morgan fingerprint density at radius 3 is 2.48 bits per heavy atom. The van der Waals surface area contributed by atoms with E-state index >= 15 is 0 Å². The molecule has 1 N–H and O–H groups in total. The van der Waals surface area contributed by atoms with Gasteiger partial charge in [-0.1, -0.05) is 24.3 Å². The van der Waals surface area contributed by atoms with Crippen LogP contribution < -0.4 is 9.47 Å². The first kappa shape index (κ1) is 20.4.